The Labute approximate surface area is 296 Å². The SMILES string of the molecule is CC(C)c1csc(C(=O)Cl)n1.COc1ccc(C(C)=O)c(N)c1Cl.COc1ccc(C(C)=O)c(NC(=O)c2nc(C(C)C)cs2)c1Cl. The number of anilines is 2. The molecule has 0 bridgehead atoms. The standard InChI is InChI=1S/C16H17ClN2O3S.C9H10ClNO2.C7H8ClNOS/c1-8(2)11-7-23-16(18-11)15(21)19-14-10(9(3)20)5-6-12(22-4)13(14)17;1-5(12)6-3-4-7(13-2)8(10)9(6)11;1-4(2)5-3-11-7(9-5)6(8)10/h5-8H,1-4H3,(H,19,21);3-4H,11H2,1-2H3;3-4H,1-2H3. The first kappa shape index (κ1) is 39.6. The number of hydrogen-bond donors (Lipinski definition) is 2. The molecule has 4 rings (SSSR count). The van der Waals surface area contributed by atoms with Gasteiger partial charge in [-0.3, -0.25) is 19.2 Å². The molecule has 0 fully saturated rings. The number of methoxy groups -OCH3 is 2. The van der Waals surface area contributed by atoms with Gasteiger partial charge in [0.1, 0.15) is 21.5 Å². The van der Waals surface area contributed by atoms with Crippen LogP contribution in [0.4, 0.5) is 11.4 Å². The number of Topliss-reactive ketones (excluding diaryl/α,β-unsaturated/α-hetero) is 2. The molecule has 0 unspecified atom stereocenters. The topological polar surface area (TPSA) is 151 Å². The van der Waals surface area contributed by atoms with Gasteiger partial charge in [-0.25, -0.2) is 9.97 Å². The Balaban J connectivity index is 0.000000270. The van der Waals surface area contributed by atoms with Gasteiger partial charge in [-0.2, -0.15) is 0 Å². The van der Waals surface area contributed by atoms with Crippen molar-refractivity contribution in [3.05, 3.63) is 77.6 Å². The zero-order chi connectivity index (χ0) is 35.6. The van der Waals surface area contributed by atoms with Gasteiger partial charge in [0.05, 0.1) is 37.0 Å². The summed E-state index contributed by atoms with van der Waals surface area (Å²) in [6.07, 6.45) is 0. The van der Waals surface area contributed by atoms with Gasteiger partial charge >= 0.3 is 0 Å². The van der Waals surface area contributed by atoms with Crippen molar-refractivity contribution in [2.75, 3.05) is 25.3 Å². The third-order valence-corrected chi connectivity index (χ3v) is 9.05. The molecule has 0 aliphatic heterocycles. The zero-order valence-electron chi connectivity index (χ0n) is 27.0. The minimum atomic E-state index is -0.470. The quantitative estimate of drug-likeness (QED) is 0.0972. The number of nitrogens with two attached hydrogens (primary N) is 1. The van der Waals surface area contributed by atoms with Crippen molar-refractivity contribution in [3.8, 4) is 11.5 Å². The van der Waals surface area contributed by atoms with Crippen LogP contribution in [0.3, 0.4) is 0 Å². The van der Waals surface area contributed by atoms with E-state index in [0.29, 0.717) is 38.6 Å². The predicted molar refractivity (Wildman–Crippen MR) is 191 cm³/mol. The summed E-state index contributed by atoms with van der Waals surface area (Å²) in [6, 6.07) is 6.39. The fraction of sp³-hybridized carbons (Fsp3) is 0.312. The van der Waals surface area contributed by atoms with Crippen molar-refractivity contribution in [2.45, 2.75) is 53.4 Å². The van der Waals surface area contributed by atoms with Crippen LogP contribution in [-0.2, 0) is 0 Å². The Bertz CT molecular complexity index is 1750. The molecule has 0 spiro atoms. The normalized spacial score (nSPS) is 10.4. The number of carbonyl (C=O) groups excluding carboxylic acids is 4. The number of benzene rings is 2. The highest BCUT2D eigenvalue weighted by molar-refractivity contribution is 7.13. The van der Waals surface area contributed by atoms with Crippen LogP contribution >= 0.6 is 57.5 Å². The summed E-state index contributed by atoms with van der Waals surface area (Å²) in [6.45, 7) is 10.9. The van der Waals surface area contributed by atoms with E-state index in [9.17, 15) is 19.2 Å². The molecule has 0 saturated carbocycles. The number of amides is 1. The van der Waals surface area contributed by atoms with Gasteiger partial charge in [-0.05, 0) is 61.5 Å². The average Bonchev–Trinajstić information content (AvgIpc) is 3.71. The van der Waals surface area contributed by atoms with E-state index in [1.165, 1.54) is 50.7 Å². The molecule has 4 aromatic rings. The van der Waals surface area contributed by atoms with Crippen LogP contribution < -0.4 is 20.5 Å². The Morgan fingerprint density at radius 3 is 1.62 bits per heavy atom. The second kappa shape index (κ2) is 18.1. The number of halogens is 3. The number of thiazole rings is 2. The molecular weight excluding hydrogens is 707 g/mol. The van der Waals surface area contributed by atoms with Crippen LogP contribution in [0.15, 0.2) is 35.0 Å². The molecule has 3 N–H and O–H groups in total. The predicted octanol–water partition coefficient (Wildman–Crippen LogP) is 9.16. The number of nitrogens with zero attached hydrogens (tertiary/aromatic N) is 2. The minimum absolute atomic E-state index is 0.109. The van der Waals surface area contributed by atoms with Gasteiger partial charge in [-0.1, -0.05) is 50.9 Å². The molecule has 2 heterocycles. The van der Waals surface area contributed by atoms with Crippen molar-refractivity contribution in [1.82, 2.24) is 9.97 Å². The number of aromatic nitrogens is 2. The van der Waals surface area contributed by atoms with E-state index in [2.05, 4.69) is 15.3 Å². The smallest absolute Gasteiger partial charge is 0.284 e. The highest BCUT2D eigenvalue weighted by Crippen LogP contribution is 2.36. The van der Waals surface area contributed by atoms with Gasteiger partial charge < -0.3 is 20.5 Å². The summed E-state index contributed by atoms with van der Waals surface area (Å²) in [5, 5.41) is 7.10. The molecule has 0 saturated heterocycles. The van der Waals surface area contributed by atoms with Crippen LogP contribution in [0.1, 0.15) is 105 Å². The second-order valence-corrected chi connectivity index (χ2v) is 13.2. The Morgan fingerprint density at radius 1 is 0.766 bits per heavy atom. The number of ketones is 2. The number of carbonyl (C=O) groups is 4. The van der Waals surface area contributed by atoms with Crippen LogP contribution in [0.2, 0.25) is 10.0 Å². The molecular formula is C32H35Cl3N4O6S2. The van der Waals surface area contributed by atoms with Crippen molar-refractivity contribution >= 4 is 91.6 Å². The van der Waals surface area contributed by atoms with E-state index in [4.69, 9.17) is 50.0 Å². The van der Waals surface area contributed by atoms with E-state index >= 15 is 0 Å². The largest absolute Gasteiger partial charge is 0.495 e. The van der Waals surface area contributed by atoms with Crippen molar-refractivity contribution in [3.63, 3.8) is 0 Å². The monoisotopic (exact) mass is 740 g/mol. The van der Waals surface area contributed by atoms with Crippen molar-refractivity contribution in [2.24, 2.45) is 0 Å². The Morgan fingerprint density at radius 2 is 1.21 bits per heavy atom. The van der Waals surface area contributed by atoms with Crippen LogP contribution in [0.5, 0.6) is 11.5 Å². The molecule has 47 heavy (non-hydrogen) atoms. The summed E-state index contributed by atoms with van der Waals surface area (Å²) in [7, 11) is 2.96. The summed E-state index contributed by atoms with van der Waals surface area (Å²) in [5.41, 5.74) is 8.67. The summed E-state index contributed by atoms with van der Waals surface area (Å²) in [4.78, 5) is 54.1. The summed E-state index contributed by atoms with van der Waals surface area (Å²) in [5.74, 6) is 0.739. The summed E-state index contributed by atoms with van der Waals surface area (Å²) >= 11 is 19.9. The van der Waals surface area contributed by atoms with E-state index < -0.39 is 11.1 Å². The average molecular weight is 742 g/mol. The molecule has 0 aliphatic carbocycles. The first-order valence-corrected chi connectivity index (χ1v) is 16.8. The third-order valence-electron chi connectivity index (χ3n) is 6.28. The van der Waals surface area contributed by atoms with Crippen LogP contribution in [-0.4, -0.2) is 46.9 Å². The zero-order valence-corrected chi connectivity index (χ0v) is 30.9. The molecule has 0 atom stereocenters. The van der Waals surface area contributed by atoms with E-state index in [0.717, 1.165) is 11.4 Å². The number of ether oxygens (including phenoxy) is 2. The number of nitrogens with one attached hydrogen (secondary N) is 1. The Hall–Kier alpha value is -3.55. The van der Waals surface area contributed by atoms with E-state index in [1.54, 1.807) is 24.3 Å². The molecule has 0 aliphatic rings. The summed E-state index contributed by atoms with van der Waals surface area (Å²) < 4.78 is 10.1. The lowest BCUT2D eigenvalue weighted by atomic mass is 10.1. The Kier molecular flexibility index (Phi) is 15.3. The van der Waals surface area contributed by atoms with E-state index in [1.807, 2.05) is 38.5 Å². The van der Waals surface area contributed by atoms with Gasteiger partial charge in [0.2, 0.25) is 0 Å². The lowest BCUT2D eigenvalue weighted by molar-refractivity contribution is 0.100. The second-order valence-electron chi connectivity index (χ2n) is 10.4. The maximum atomic E-state index is 12.4. The fourth-order valence-electron chi connectivity index (χ4n) is 3.63. The van der Waals surface area contributed by atoms with Crippen molar-refractivity contribution in [1.29, 1.82) is 0 Å². The molecule has 2 aromatic heterocycles. The van der Waals surface area contributed by atoms with Crippen LogP contribution in [0.25, 0.3) is 0 Å². The van der Waals surface area contributed by atoms with Gasteiger partial charge in [-0.15, -0.1) is 22.7 Å². The molecule has 252 valence electrons. The first-order valence-electron chi connectivity index (χ1n) is 14.0. The van der Waals surface area contributed by atoms with Gasteiger partial charge in [0.25, 0.3) is 11.1 Å². The molecule has 1 amide bonds. The number of hydrogen-bond acceptors (Lipinski definition) is 11. The highest BCUT2D eigenvalue weighted by Gasteiger charge is 2.20. The molecule has 2 aromatic carbocycles. The number of rotatable bonds is 9. The first-order chi connectivity index (χ1) is 22.0. The highest BCUT2D eigenvalue weighted by atomic mass is 35.5. The fourth-order valence-corrected chi connectivity index (χ4v) is 6.02. The van der Waals surface area contributed by atoms with E-state index in [-0.39, 0.29) is 38.9 Å². The van der Waals surface area contributed by atoms with Gasteiger partial charge in [0.15, 0.2) is 21.6 Å². The van der Waals surface area contributed by atoms with Gasteiger partial charge in [0, 0.05) is 21.9 Å². The number of nitrogen functional groups attached to an aromatic ring is 1. The maximum Gasteiger partial charge on any atom is 0.284 e. The molecule has 10 nitrogen and oxygen atoms in total. The van der Waals surface area contributed by atoms with Crippen LogP contribution in [0, 0.1) is 0 Å². The minimum Gasteiger partial charge on any atom is -0.495 e. The van der Waals surface area contributed by atoms with Crippen molar-refractivity contribution < 1.29 is 28.7 Å². The maximum absolute atomic E-state index is 12.4. The lowest BCUT2D eigenvalue weighted by Gasteiger charge is -2.13. The third kappa shape index (κ3) is 10.7. The lowest BCUT2D eigenvalue weighted by Crippen LogP contribution is -2.15. The molecule has 15 heteroatoms. The molecule has 0 radical (unpaired) electrons.